The van der Waals surface area contributed by atoms with E-state index in [-0.39, 0.29) is 55.5 Å². The van der Waals surface area contributed by atoms with E-state index in [2.05, 4.69) is 0 Å². The summed E-state index contributed by atoms with van der Waals surface area (Å²) in [5.41, 5.74) is 5.57. The van der Waals surface area contributed by atoms with E-state index < -0.39 is 29.6 Å². The van der Waals surface area contributed by atoms with Crippen molar-refractivity contribution in [3.63, 3.8) is 0 Å². The number of hydrogen-bond acceptors (Lipinski definition) is 9. The maximum atomic E-state index is 12.8. The number of methoxy groups -OCH3 is 1. The summed E-state index contributed by atoms with van der Waals surface area (Å²) >= 11 is 0. The Morgan fingerprint density at radius 3 is 1.90 bits per heavy atom. The molecule has 9 heteroatoms. The zero-order valence-electron chi connectivity index (χ0n) is 25.5. The first-order valence-electron chi connectivity index (χ1n) is 14.3. The van der Waals surface area contributed by atoms with Crippen LogP contribution in [0, 0.1) is 17.8 Å². The van der Waals surface area contributed by atoms with Crippen LogP contribution in [0.1, 0.15) is 99.0 Å². The van der Waals surface area contributed by atoms with E-state index in [4.69, 9.17) is 24.7 Å². The van der Waals surface area contributed by atoms with Gasteiger partial charge in [-0.3, -0.25) is 19.2 Å². The maximum absolute atomic E-state index is 12.8. The second kappa shape index (κ2) is 17.0. The monoisotopic (exact) mass is 563 g/mol. The minimum Gasteiger partial charge on any atom is -0.468 e. The molecule has 0 aliphatic heterocycles. The summed E-state index contributed by atoms with van der Waals surface area (Å²) < 4.78 is 21.6. The lowest BCUT2D eigenvalue weighted by Crippen LogP contribution is -2.53. The summed E-state index contributed by atoms with van der Waals surface area (Å²) in [6.45, 7) is 13.7. The molecule has 0 amide bonds. The summed E-state index contributed by atoms with van der Waals surface area (Å²) in [6.07, 6.45) is 2.23. The molecule has 0 aliphatic rings. The molecule has 40 heavy (non-hydrogen) atoms. The number of esters is 4. The minimum absolute atomic E-state index is 0.00501. The molecule has 0 radical (unpaired) electrons. The average molecular weight is 564 g/mol. The molecule has 2 unspecified atom stereocenters. The van der Waals surface area contributed by atoms with Gasteiger partial charge in [0.2, 0.25) is 0 Å². The van der Waals surface area contributed by atoms with Gasteiger partial charge in [-0.1, -0.05) is 54.0 Å². The van der Waals surface area contributed by atoms with E-state index in [1.165, 1.54) is 13.2 Å². The standard InChI is InChI=1S/C31H49NO8/c1-9-22(6)16-29(35)38-23(7)18-31(32,30(36)37-8)19-24-12-13-25(39-27(33)14-10-20(2)3)26(17-24)40-28(34)15-11-21(4)5/h12-13,17,20-23H,9-11,14-16,18-19,32H2,1-8H3/t22?,23?,31-/m1/s1. The van der Waals surface area contributed by atoms with Crippen LogP contribution in [0.2, 0.25) is 0 Å². The smallest absolute Gasteiger partial charge is 0.326 e. The summed E-state index contributed by atoms with van der Waals surface area (Å²) in [5.74, 6) is -0.904. The summed E-state index contributed by atoms with van der Waals surface area (Å²) in [5, 5.41) is 0. The quantitative estimate of drug-likeness (QED) is 0.192. The lowest BCUT2D eigenvalue weighted by atomic mass is 9.86. The van der Waals surface area contributed by atoms with Crippen molar-refractivity contribution in [1.82, 2.24) is 0 Å². The van der Waals surface area contributed by atoms with Crippen LogP contribution >= 0.6 is 0 Å². The molecule has 2 N–H and O–H groups in total. The van der Waals surface area contributed by atoms with Gasteiger partial charge in [0.25, 0.3) is 0 Å². The van der Waals surface area contributed by atoms with Crippen LogP contribution in [0.4, 0.5) is 0 Å². The number of nitrogens with two attached hydrogens (primary N) is 1. The Bertz CT molecular complexity index is 990. The fourth-order valence-corrected chi connectivity index (χ4v) is 4.04. The van der Waals surface area contributed by atoms with Gasteiger partial charge in [0.05, 0.1) is 7.11 Å². The first-order chi connectivity index (χ1) is 18.7. The molecule has 1 rings (SSSR count). The van der Waals surface area contributed by atoms with Crippen LogP contribution in [-0.2, 0) is 35.1 Å². The Labute approximate surface area is 239 Å². The van der Waals surface area contributed by atoms with Gasteiger partial charge in [-0.05, 0) is 55.2 Å². The first-order valence-corrected chi connectivity index (χ1v) is 14.3. The molecular weight excluding hydrogens is 514 g/mol. The number of hydrogen-bond donors (Lipinski definition) is 1. The van der Waals surface area contributed by atoms with Gasteiger partial charge in [0.1, 0.15) is 11.6 Å². The number of ether oxygens (including phenoxy) is 4. The highest BCUT2D eigenvalue weighted by molar-refractivity contribution is 5.81. The van der Waals surface area contributed by atoms with Crippen LogP contribution in [0.15, 0.2) is 18.2 Å². The number of rotatable bonds is 17. The van der Waals surface area contributed by atoms with E-state index in [0.717, 1.165) is 6.42 Å². The van der Waals surface area contributed by atoms with Crippen molar-refractivity contribution in [2.45, 2.75) is 111 Å². The third-order valence-corrected chi connectivity index (χ3v) is 6.62. The van der Waals surface area contributed by atoms with Gasteiger partial charge in [-0.15, -0.1) is 0 Å². The van der Waals surface area contributed by atoms with Crippen molar-refractivity contribution in [2.24, 2.45) is 23.5 Å². The minimum atomic E-state index is -1.53. The van der Waals surface area contributed by atoms with E-state index >= 15 is 0 Å². The third kappa shape index (κ3) is 12.9. The Hall–Kier alpha value is -2.94. The molecule has 0 aliphatic carbocycles. The SMILES string of the molecule is CCC(C)CC(=O)OC(C)C[C@@](N)(Cc1ccc(OC(=O)CCC(C)C)c(OC(=O)CCC(C)C)c1)C(=O)OC. The van der Waals surface area contributed by atoms with Crippen LogP contribution in [0.25, 0.3) is 0 Å². The highest BCUT2D eigenvalue weighted by Crippen LogP contribution is 2.32. The normalized spacial score (nSPS) is 14.3. The number of carbonyl (C=O) groups is 4. The van der Waals surface area contributed by atoms with E-state index in [0.29, 0.717) is 30.2 Å². The maximum Gasteiger partial charge on any atom is 0.326 e. The van der Waals surface area contributed by atoms with Crippen molar-refractivity contribution in [1.29, 1.82) is 0 Å². The Morgan fingerprint density at radius 2 is 1.40 bits per heavy atom. The summed E-state index contributed by atoms with van der Waals surface area (Å²) in [4.78, 5) is 50.1. The lowest BCUT2D eigenvalue weighted by molar-refractivity contribution is -0.155. The van der Waals surface area contributed by atoms with Crippen molar-refractivity contribution < 1.29 is 38.1 Å². The van der Waals surface area contributed by atoms with Gasteiger partial charge >= 0.3 is 23.9 Å². The van der Waals surface area contributed by atoms with E-state index in [9.17, 15) is 19.2 Å². The van der Waals surface area contributed by atoms with Crippen molar-refractivity contribution in [2.75, 3.05) is 7.11 Å². The number of benzene rings is 1. The first kappa shape index (κ1) is 35.1. The fraction of sp³-hybridized carbons (Fsp3) is 0.677. The molecular formula is C31H49NO8. The van der Waals surface area contributed by atoms with Crippen LogP contribution in [-0.4, -0.2) is 42.6 Å². The molecule has 0 spiro atoms. The van der Waals surface area contributed by atoms with Crippen molar-refractivity contribution in [3.05, 3.63) is 23.8 Å². The molecule has 0 heterocycles. The van der Waals surface area contributed by atoms with Crippen LogP contribution < -0.4 is 15.2 Å². The van der Waals surface area contributed by atoms with Gasteiger partial charge < -0.3 is 24.7 Å². The van der Waals surface area contributed by atoms with Gasteiger partial charge in [-0.2, -0.15) is 0 Å². The molecule has 226 valence electrons. The van der Waals surface area contributed by atoms with Crippen LogP contribution in [0.3, 0.4) is 0 Å². The summed E-state index contributed by atoms with van der Waals surface area (Å²) in [6, 6.07) is 4.73. The van der Waals surface area contributed by atoms with Gasteiger partial charge in [0.15, 0.2) is 11.5 Å². The van der Waals surface area contributed by atoms with Crippen molar-refractivity contribution in [3.8, 4) is 11.5 Å². The van der Waals surface area contributed by atoms with Crippen LogP contribution in [0.5, 0.6) is 11.5 Å². The molecule has 3 atom stereocenters. The van der Waals surface area contributed by atoms with Crippen molar-refractivity contribution >= 4 is 23.9 Å². The predicted molar refractivity (Wildman–Crippen MR) is 153 cm³/mol. The predicted octanol–water partition coefficient (Wildman–Crippen LogP) is 5.54. The number of carbonyl (C=O) groups excluding carboxylic acids is 4. The Balaban J connectivity index is 3.20. The lowest BCUT2D eigenvalue weighted by Gasteiger charge is -2.29. The molecule has 0 saturated carbocycles. The molecule has 0 saturated heterocycles. The molecule has 1 aromatic rings. The van der Waals surface area contributed by atoms with E-state index in [1.807, 2.05) is 41.5 Å². The zero-order valence-corrected chi connectivity index (χ0v) is 25.5. The summed E-state index contributed by atoms with van der Waals surface area (Å²) in [7, 11) is 1.24. The molecule has 0 bridgehead atoms. The molecule has 0 aromatic heterocycles. The average Bonchev–Trinajstić information content (AvgIpc) is 2.86. The topological polar surface area (TPSA) is 131 Å². The molecule has 1 aromatic carbocycles. The highest BCUT2D eigenvalue weighted by atomic mass is 16.6. The fourth-order valence-electron chi connectivity index (χ4n) is 4.04. The second-order valence-corrected chi connectivity index (χ2v) is 11.6. The van der Waals surface area contributed by atoms with Gasteiger partial charge in [0, 0.05) is 32.1 Å². The molecule has 0 fully saturated rings. The Kier molecular flexibility index (Phi) is 14.9. The zero-order chi connectivity index (χ0) is 30.5. The second-order valence-electron chi connectivity index (χ2n) is 11.6. The molecule has 9 nitrogen and oxygen atoms in total. The largest absolute Gasteiger partial charge is 0.468 e. The van der Waals surface area contributed by atoms with E-state index in [1.54, 1.807) is 19.1 Å². The third-order valence-electron chi connectivity index (χ3n) is 6.62. The highest BCUT2D eigenvalue weighted by Gasteiger charge is 2.38. The Morgan fingerprint density at radius 1 is 0.850 bits per heavy atom. The van der Waals surface area contributed by atoms with Gasteiger partial charge in [-0.25, -0.2) is 0 Å².